The van der Waals surface area contributed by atoms with E-state index in [1.54, 1.807) is 48.5 Å². The Kier molecular flexibility index (Phi) is 11.1. The second kappa shape index (κ2) is 15.2. The maximum atomic E-state index is 13.1. The predicted molar refractivity (Wildman–Crippen MR) is 167 cm³/mol. The fourth-order valence-electron chi connectivity index (χ4n) is 4.82. The van der Waals surface area contributed by atoms with E-state index in [0.29, 0.717) is 28.6 Å². The highest BCUT2D eigenvalue weighted by atomic mass is 19.4. The smallest absolute Gasteiger partial charge is 0.416 e. The molecule has 0 heterocycles. The summed E-state index contributed by atoms with van der Waals surface area (Å²) in [7, 11) is 0. The fourth-order valence-corrected chi connectivity index (χ4v) is 4.82. The number of alkyl halides is 3. The first-order valence-corrected chi connectivity index (χ1v) is 14.8. The Balaban J connectivity index is 1.39. The summed E-state index contributed by atoms with van der Waals surface area (Å²) in [5, 5.41) is 12.2. The molecule has 0 bridgehead atoms. The lowest BCUT2D eigenvalue weighted by molar-refractivity contribution is -0.154. The molecule has 0 saturated carbocycles. The van der Waals surface area contributed by atoms with Crippen LogP contribution in [0, 0.1) is 0 Å². The molecule has 0 unspecified atom stereocenters. The van der Waals surface area contributed by atoms with E-state index in [0.717, 1.165) is 47.7 Å². The van der Waals surface area contributed by atoms with Crippen LogP contribution in [0.4, 0.5) is 13.2 Å². The number of carbonyl (C=O) groups excluding carboxylic acids is 3. The van der Waals surface area contributed by atoms with Gasteiger partial charge in [-0.25, -0.2) is 4.79 Å². The van der Waals surface area contributed by atoms with Crippen molar-refractivity contribution in [3.63, 3.8) is 0 Å². The van der Waals surface area contributed by atoms with Gasteiger partial charge in [0.15, 0.2) is 0 Å². The Labute approximate surface area is 264 Å². The van der Waals surface area contributed by atoms with Gasteiger partial charge in [0, 0.05) is 17.7 Å². The Morgan fingerprint density at radius 2 is 1.33 bits per heavy atom. The third kappa shape index (κ3) is 8.90. The number of unbranched alkanes of at least 4 members (excludes halogenated alkanes) is 2. The third-order valence-corrected chi connectivity index (χ3v) is 7.43. The maximum Gasteiger partial charge on any atom is 0.416 e. The predicted octanol–water partition coefficient (Wildman–Crippen LogP) is 7.29. The fraction of sp³-hybridized carbons (Fsp3) is 0.222. The molecular weight excluding hydrogens is 597 g/mol. The van der Waals surface area contributed by atoms with Crippen LogP contribution in [0.15, 0.2) is 97.1 Å². The van der Waals surface area contributed by atoms with Gasteiger partial charge in [0.05, 0.1) is 12.1 Å². The summed E-state index contributed by atoms with van der Waals surface area (Å²) in [4.78, 5) is 49.9. The van der Waals surface area contributed by atoms with E-state index in [4.69, 9.17) is 0 Å². The zero-order chi connectivity index (χ0) is 33.3. The second-order valence-corrected chi connectivity index (χ2v) is 10.8. The molecule has 4 aromatic carbocycles. The number of hydrogen-bond acceptors (Lipinski definition) is 4. The van der Waals surface area contributed by atoms with Crippen LogP contribution in [0.5, 0.6) is 0 Å². The van der Waals surface area contributed by atoms with E-state index < -0.39 is 41.6 Å². The Morgan fingerprint density at radius 3 is 1.91 bits per heavy atom. The summed E-state index contributed by atoms with van der Waals surface area (Å²) in [5.74, 6) is -4.88. The Morgan fingerprint density at radius 1 is 0.739 bits per heavy atom. The normalized spacial score (nSPS) is 11.1. The Hall–Kier alpha value is -5.25. The highest BCUT2D eigenvalue weighted by Crippen LogP contribution is 2.30. The van der Waals surface area contributed by atoms with Gasteiger partial charge in [-0.3, -0.25) is 19.3 Å². The van der Waals surface area contributed by atoms with Gasteiger partial charge in [-0.2, -0.15) is 13.2 Å². The van der Waals surface area contributed by atoms with Crippen LogP contribution < -0.4 is 5.32 Å². The molecule has 46 heavy (non-hydrogen) atoms. The summed E-state index contributed by atoms with van der Waals surface area (Å²) in [5.41, 5.74) is 3.09. The number of carboxylic acid groups (broad SMARTS) is 1. The van der Waals surface area contributed by atoms with Gasteiger partial charge in [-0.05, 0) is 71.0 Å². The van der Waals surface area contributed by atoms with Crippen molar-refractivity contribution in [3.8, 4) is 11.1 Å². The number of nitrogens with zero attached hydrogens (tertiary/aromatic N) is 1. The standard InChI is InChI=1S/C36H33F3N2O5/c1-2-3-4-6-24-9-11-25(12-10-24)22-40-32(42)29-19-17-28(18-20-29)27-15-13-26(14-16-27)23-41(34(44)35(45)46)33(43)30-7-5-8-31(21-30)36(37,38)39/h5,7-21H,2-4,6,22-23H2,1H3,(H,40,42)(H,45,46). The molecule has 0 aliphatic rings. The van der Waals surface area contributed by atoms with E-state index >= 15 is 0 Å². The quantitative estimate of drug-likeness (QED) is 0.134. The van der Waals surface area contributed by atoms with Crippen LogP contribution in [0.25, 0.3) is 11.1 Å². The lowest BCUT2D eigenvalue weighted by atomic mass is 10.0. The molecule has 4 rings (SSSR count). The molecule has 3 amide bonds. The van der Waals surface area contributed by atoms with Crippen molar-refractivity contribution in [2.24, 2.45) is 0 Å². The first-order valence-electron chi connectivity index (χ1n) is 14.8. The summed E-state index contributed by atoms with van der Waals surface area (Å²) in [6, 6.07) is 25.1. The van der Waals surface area contributed by atoms with Crippen LogP contribution in [-0.2, 0) is 35.3 Å². The largest absolute Gasteiger partial charge is 0.474 e. The van der Waals surface area contributed by atoms with Gasteiger partial charge in [-0.15, -0.1) is 0 Å². The number of amides is 3. The average Bonchev–Trinajstić information content (AvgIpc) is 3.06. The Bertz CT molecular complexity index is 1680. The summed E-state index contributed by atoms with van der Waals surface area (Å²) >= 11 is 0. The van der Waals surface area contributed by atoms with Gasteiger partial charge in [0.2, 0.25) is 0 Å². The molecule has 238 valence electrons. The van der Waals surface area contributed by atoms with Gasteiger partial charge >= 0.3 is 18.1 Å². The van der Waals surface area contributed by atoms with Crippen LogP contribution in [0.3, 0.4) is 0 Å². The number of benzene rings is 4. The molecule has 4 aromatic rings. The number of nitrogens with one attached hydrogen (secondary N) is 1. The number of carboxylic acids is 1. The molecule has 10 heteroatoms. The summed E-state index contributed by atoms with van der Waals surface area (Å²) in [6.07, 6.45) is -0.144. The van der Waals surface area contributed by atoms with Gasteiger partial charge in [0.25, 0.3) is 11.8 Å². The minimum atomic E-state index is -4.73. The van der Waals surface area contributed by atoms with Gasteiger partial charge in [0.1, 0.15) is 0 Å². The van der Waals surface area contributed by atoms with E-state index in [-0.39, 0.29) is 5.91 Å². The number of carbonyl (C=O) groups is 4. The van der Waals surface area contributed by atoms with Gasteiger partial charge < -0.3 is 10.4 Å². The average molecular weight is 631 g/mol. The number of rotatable bonds is 11. The van der Waals surface area contributed by atoms with Crippen molar-refractivity contribution in [2.45, 2.75) is 51.9 Å². The third-order valence-electron chi connectivity index (χ3n) is 7.43. The number of hydrogen-bond donors (Lipinski definition) is 2. The molecule has 0 aliphatic heterocycles. The molecule has 7 nitrogen and oxygen atoms in total. The molecule has 0 atom stereocenters. The molecule has 0 radical (unpaired) electrons. The van der Waals surface area contributed by atoms with Crippen LogP contribution in [0.2, 0.25) is 0 Å². The number of aliphatic carboxylic acids is 1. The first-order chi connectivity index (χ1) is 22.0. The van der Waals surface area contributed by atoms with E-state index in [1.807, 2.05) is 12.1 Å². The maximum absolute atomic E-state index is 13.1. The van der Waals surface area contributed by atoms with Crippen molar-refractivity contribution >= 4 is 23.7 Å². The number of imide groups is 1. The highest BCUT2D eigenvalue weighted by Gasteiger charge is 2.33. The minimum absolute atomic E-state index is 0.220. The monoisotopic (exact) mass is 630 g/mol. The first kappa shape index (κ1) is 33.6. The zero-order valence-electron chi connectivity index (χ0n) is 25.1. The molecule has 0 aromatic heterocycles. The summed E-state index contributed by atoms with van der Waals surface area (Å²) < 4.78 is 39.4. The molecule has 0 saturated heterocycles. The highest BCUT2D eigenvalue weighted by molar-refractivity contribution is 6.35. The number of aryl methyl sites for hydroxylation is 1. The minimum Gasteiger partial charge on any atom is -0.474 e. The van der Waals surface area contributed by atoms with E-state index in [9.17, 15) is 37.5 Å². The van der Waals surface area contributed by atoms with Crippen molar-refractivity contribution in [3.05, 3.63) is 130 Å². The molecule has 2 N–H and O–H groups in total. The molecular formula is C36H33F3N2O5. The lowest BCUT2D eigenvalue weighted by Crippen LogP contribution is -2.40. The second-order valence-electron chi connectivity index (χ2n) is 10.8. The van der Waals surface area contributed by atoms with Crippen LogP contribution in [-0.4, -0.2) is 33.7 Å². The molecule has 0 fully saturated rings. The number of halogens is 3. The topological polar surface area (TPSA) is 104 Å². The van der Waals surface area contributed by atoms with Crippen molar-refractivity contribution < 1.29 is 37.5 Å². The zero-order valence-corrected chi connectivity index (χ0v) is 25.1. The van der Waals surface area contributed by atoms with Crippen LogP contribution in [0.1, 0.15) is 69.2 Å². The molecule has 0 spiro atoms. The van der Waals surface area contributed by atoms with E-state index in [2.05, 4.69) is 24.4 Å². The van der Waals surface area contributed by atoms with Crippen molar-refractivity contribution in [1.29, 1.82) is 0 Å². The van der Waals surface area contributed by atoms with E-state index in [1.165, 1.54) is 18.4 Å². The SMILES string of the molecule is CCCCCc1ccc(CNC(=O)c2ccc(-c3ccc(CN(C(=O)C(=O)O)C(=O)c4cccc(C(F)(F)F)c4)cc3)cc2)cc1. The lowest BCUT2D eigenvalue weighted by Gasteiger charge is -2.20. The molecule has 0 aliphatic carbocycles. The van der Waals surface area contributed by atoms with Crippen LogP contribution >= 0.6 is 0 Å². The summed E-state index contributed by atoms with van der Waals surface area (Å²) in [6.45, 7) is 2.10. The van der Waals surface area contributed by atoms with Crippen molar-refractivity contribution in [1.82, 2.24) is 10.2 Å². The van der Waals surface area contributed by atoms with Gasteiger partial charge in [-0.1, -0.05) is 86.5 Å². The van der Waals surface area contributed by atoms with Crippen molar-refractivity contribution in [2.75, 3.05) is 0 Å².